The fourth-order valence-electron chi connectivity index (χ4n) is 2.88. The summed E-state index contributed by atoms with van der Waals surface area (Å²) in [6, 6.07) is 13.6. The lowest BCUT2D eigenvalue weighted by atomic mass is 10.2. The number of rotatable bonds is 4. The smallest absolute Gasteiger partial charge is 0.199 e. The molecule has 0 spiro atoms. The molecule has 3 aromatic rings. The van der Waals surface area contributed by atoms with E-state index < -0.39 is 0 Å². The van der Waals surface area contributed by atoms with E-state index in [0.29, 0.717) is 29.6 Å². The van der Waals surface area contributed by atoms with Crippen molar-refractivity contribution in [1.82, 2.24) is 14.8 Å². The van der Waals surface area contributed by atoms with Crippen molar-refractivity contribution in [3.05, 3.63) is 58.6 Å². The van der Waals surface area contributed by atoms with Crippen LogP contribution in [0, 0.1) is 11.7 Å². The number of aromatic amines is 1. The zero-order chi connectivity index (χ0) is 18.1. The summed E-state index contributed by atoms with van der Waals surface area (Å²) in [5.41, 5.74) is 2.03. The Hall–Kier alpha value is -2.80. The minimum atomic E-state index is -0.293. The lowest BCUT2D eigenvalue weighted by Gasteiger charge is -2.20. The number of hydrogen-bond donors (Lipinski definition) is 1. The molecule has 6 nitrogen and oxygen atoms in total. The van der Waals surface area contributed by atoms with Crippen LogP contribution < -0.4 is 14.2 Å². The van der Waals surface area contributed by atoms with E-state index in [1.54, 1.807) is 0 Å². The van der Waals surface area contributed by atoms with Crippen LogP contribution in [0.25, 0.3) is 5.69 Å². The van der Waals surface area contributed by atoms with E-state index in [-0.39, 0.29) is 6.10 Å². The van der Waals surface area contributed by atoms with E-state index in [4.69, 9.17) is 26.4 Å². The lowest BCUT2D eigenvalue weighted by Crippen LogP contribution is -2.16. The van der Waals surface area contributed by atoms with Gasteiger partial charge in [0, 0.05) is 6.07 Å². The average Bonchev–Trinajstić information content (AvgIpc) is 3.05. The van der Waals surface area contributed by atoms with Gasteiger partial charge < -0.3 is 14.2 Å². The Morgan fingerprint density at radius 3 is 2.62 bits per heavy atom. The molecule has 0 saturated carbocycles. The Kier molecular flexibility index (Phi) is 4.38. The fraction of sp³-hybridized carbons (Fsp3) is 0.263. The fourth-order valence-corrected chi connectivity index (χ4v) is 3.12. The highest BCUT2D eigenvalue weighted by atomic mass is 32.1. The number of hydrogen-bond acceptors (Lipinski definition) is 5. The SMILES string of the molecule is Cc1ccc(O[C@H](C)c2n[nH]c(=S)n2-c2ccc3c(c2)OCCO3)cc1. The van der Waals surface area contributed by atoms with Gasteiger partial charge in [-0.15, -0.1) is 0 Å². The zero-order valence-corrected chi connectivity index (χ0v) is 15.4. The van der Waals surface area contributed by atoms with Gasteiger partial charge in [0.2, 0.25) is 0 Å². The molecule has 2 aromatic carbocycles. The third-order valence-corrected chi connectivity index (χ3v) is 4.45. The van der Waals surface area contributed by atoms with Crippen molar-refractivity contribution in [1.29, 1.82) is 0 Å². The van der Waals surface area contributed by atoms with E-state index in [0.717, 1.165) is 17.2 Å². The molecule has 0 aliphatic carbocycles. The molecule has 4 rings (SSSR count). The molecule has 26 heavy (non-hydrogen) atoms. The summed E-state index contributed by atoms with van der Waals surface area (Å²) in [6.07, 6.45) is -0.293. The molecular weight excluding hydrogens is 350 g/mol. The normalized spacial score (nSPS) is 14.1. The maximum absolute atomic E-state index is 6.04. The first-order valence-electron chi connectivity index (χ1n) is 8.42. The van der Waals surface area contributed by atoms with Crippen LogP contribution in [0.5, 0.6) is 17.2 Å². The van der Waals surface area contributed by atoms with Crippen molar-refractivity contribution >= 4 is 12.2 Å². The first-order valence-corrected chi connectivity index (χ1v) is 8.83. The summed E-state index contributed by atoms with van der Waals surface area (Å²) >= 11 is 5.43. The second kappa shape index (κ2) is 6.84. The number of aryl methyl sites for hydroxylation is 1. The Labute approximate surface area is 156 Å². The predicted molar refractivity (Wildman–Crippen MR) is 100.0 cm³/mol. The van der Waals surface area contributed by atoms with Crippen molar-refractivity contribution in [2.24, 2.45) is 0 Å². The van der Waals surface area contributed by atoms with Gasteiger partial charge in [-0.25, -0.2) is 0 Å². The Bertz CT molecular complexity index is 978. The summed E-state index contributed by atoms with van der Waals surface area (Å²) in [6.45, 7) is 5.08. The number of benzene rings is 2. The molecule has 0 amide bonds. The summed E-state index contributed by atoms with van der Waals surface area (Å²) in [7, 11) is 0. The van der Waals surface area contributed by atoms with Gasteiger partial charge in [0.25, 0.3) is 0 Å². The molecule has 0 saturated heterocycles. The first-order chi connectivity index (χ1) is 12.6. The Morgan fingerprint density at radius 1 is 1.12 bits per heavy atom. The Balaban J connectivity index is 1.67. The van der Waals surface area contributed by atoms with Crippen molar-refractivity contribution < 1.29 is 14.2 Å². The standard InChI is InChI=1S/C19H19N3O3S/c1-12-3-6-15(7-4-12)25-13(2)18-20-21-19(26)22(18)14-5-8-16-17(11-14)24-10-9-23-16/h3-8,11,13H,9-10H2,1-2H3,(H,21,26)/t13-/m1/s1. The Morgan fingerprint density at radius 2 is 1.85 bits per heavy atom. The molecule has 1 N–H and O–H groups in total. The molecule has 1 aliphatic heterocycles. The van der Waals surface area contributed by atoms with E-state index in [1.165, 1.54) is 5.56 Å². The maximum Gasteiger partial charge on any atom is 0.199 e. The molecule has 1 aliphatic rings. The van der Waals surface area contributed by atoms with E-state index in [9.17, 15) is 0 Å². The highest BCUT2D eigenvalue weighted by Gasteiger charge is 2.19. The molecule has 0 bridgehead atoms. The van der Waals surface area contributed by atoms with E-state index in [1.807, 2.05) is 60.9 Å². The minimum Gasteiger partial charge on any atom is -0.486 e. The van der Waals surface area contributed by atoms with Gasteiger partial charge in [-0.1, -0.05) is 17.7 Å². The third-order valence-electron chi connectivity index (χ3n) is 4.18. The highest BCUT2D eigenvalue weighted by molar-refractivity contribution is 7.71. The highest BCUT2D eigenvalue weighted by Crippen LogP contribution is 2.33. The van der Waals surface area contributed by atoms with Crippen LogP contribution in [0.2, 0.25) is 0 Å². The molecule has 0 unspecified atom stereocenters. The van der Waals surface area contributed by atoms with Crippen LogP contribution in [-0.2, 0) is 0 Å². The van der Waals surface area contributed by atoms with Gasteiger partial charge in [-0.3, -0.25) is 9.67 Å². The molecule has 7 heteroatoms. The number of nitrogens with one attached hydrogen (secondary N) is 1. The summed E-state index contributed by atoms with van der Waals surface area (Å²) in [4.78, 5) is 0. The van der Waals surface area contributed by atoms with E-state index >= 15 is 0 Å². The molecule has 1 aromatic heterocycles. The largest absolute Gasteiger partial charge is 0.486 e. The number of aromatic nitrogens is 3. The summed E-state index contributed by atoms with van der Waals surface area (Å²) in [5, 5.41) is 7.22. The molecule has 134 valence electrons. The predicted octanol–water partition coefficient (Wildman–Crippen LogP) is 4.15. The van der Waals surface area contributed by atoms with Crippen molar-refractivity contribution in [3.63, 3.8) is 0 Å². The second-order valence-corrected chi connectivity index (χ2v) is 6.51. The van der Waals surface area contributed by atoms with Gasteiger partial charge in [-0.05, 0) is 50.3 Å². The van der Waals surface area contributed by atoms with Crippen LogP contribution in [0.1, 0.15) is 24.4 Å². The van der Waals surface area contributed by atoms with Crippen LogP contribution >= 0.6 is 12.2 Å². The van der Waals surface area contributed by atoms with Gasteiger partial charge in [-0.2, -0.15) is 5.10 Å². The lowest BCUT2D eigenvalue weighted by molar-refractivity contribution is 0.171. The van der Waals surface area contributed by atoms with Crippen LogP contribution in [0.15, 0.2) is 42.5 Å². The zero-order valence-electron chi connectivity index (χ0n) is 14.6. The first kappa shape index (κ1) is 16.7. The third kappa shape index (κ3) is 3.17. The van der Waals surface area contributed by atoms with E-state index in [2.05, 4.69) is 10.2 Å². The topological polar surface area (TPSA) is 61.3 Å². The number of H-pyrrole nitrogens is 1. The van der Waals surface area contributed by atoms with Gasteiger partial charge in [0.15, 0.2) is 28.2 Å². The molecule has 0 fully saturated rings. The quantitative estimate of drug-likeness (QED) is 0.700. The van der Waals surface area contributed by atoms with Gasteiger partial charge >= 0.3 is 0 Å². The summed E-state index contributed by atoms with van der Waals surface area (Å²) < 4.78 is 19.6. The number of ether oxygens (including phenoxy) is 3. The molecular formula is C19H19N3O3S. The molecule has 0 radical (unpaired) electrons. The monoisotopic (exact) mass is 369 g/mol. The van der Waals surface area contributed by atoms with Crippen LogP contribution in [-0.4, -0.2) is 28.0 Å². The van der Waals surface area contributed by atoms with Gasteiger partial charge in [0.05, 0.1) is 5.69 Å². The number of fused-ring (bicyclic) bond motifs is 1. The van der Waals surface area contributed by atoms with Crippen molar-refractivity contribution in [2.75, 3.05) is 13.2 Å². The minimum absolute atomic E-state index is 0.293. The van der Waals surface area contributed by atoms with Crippen LogP contribution in [0.4, 0.5) is 0 Å². The summed E-state index contributed by atoms with van der Waals surface area (Å²) in [5.74, 6) is 2.91. The van der Waals surface area contributed by atoms with Crippen molar-refractivity contribution in [2.45, 2.75) is 20.0 Å². The molecule has 2 heterocycles. The van der Waals surface area contributed by atoms with Crippen molar-refractivity contribution in [3.8, 4) is 22.9 Å². The molecule has 1 atom stereocenters. The van der Waals surface area contributed by atoms with Crippen LogP contribution in [0.3, 0.4) is 0 Å². The van der Waals surface area contributed by atoms with Gasteiger partial charge in [0.1, 0.15) is 19.0 Å². The maximum atomic E-state index is 6.04. The number of nitrogens with zero attached hydrogens (tertiary/aromatic N) is 2. The average molecular weight is 369 g/mol. The second-order valence-electron chi connectivity index (χ2n) is 6.12.